The Balaban J connectivity index is 3.94. The molecule has 1 unspecified atom stereocenters. The Morgan fingerprint density at radius 3 is 2.46 bits per heavy atom. The molecular weight excluding hydrogens is 172 g/mol. The average Bonchev–Trinajstić information content (AvgIpc) is 2.04. The van der Waals surface area contributed by atoms with Crippen LogP contribution in [0.4, 0.5) is 0 Å². The van der Waals surface area contributed by atoms with Gasteiger partial charge < -0.3 is 9.84 Å². The quantitative estimate of drug-likeness (QED) is 0.404. The van der Waals surface area contributed by atoms with Crippen molar-refractivity contribution in [3.63, 3.8) is 0 Å². The second-order valence-corrected chi connectivity index (χ2v) is 2.30. The summed E-state index contributed by atoms with van der Waals surface area (Å²) in [4.78, 5) is 21.1. The highest BCUT2D eigenvalue weighted by molar-refractivity contribution is 5.85. The Morgan fingerprint density at radius 2 is 2.00 bits per heavy atom. The zero-order chi connectivity index (χ0) is 10.3. The second kappa shape index (κ2) is 5.99. The first-order valence-electron chi connectivity index (χ1n) is 3.80. The molecular formula is C9H12O4. The van der Waals surface area contributed by atoms with E-state index in [1.165, 1.54) is 19.1 Å². The van der Waals surface area contributed by atoms with E-state index in [1.807, 2.05) is 0 Å². The number of esters is 1. The Hall–Kier alpha value is -1.58. The molecule has 0 aliphatic heterocycles. The summed E-state index contributed by atoms with van der Waals surface area (Å²) in [6.45, 7) is 3.10. The molecule has 0 rings (SSSR count). The molecule has 1 N–H and O–H groups in total. The lowest BCUT2D eigenvalue weighted by atomic mass is 10.4. The number of aliphatic carboxylic acids is 1. The van der Waals surface area contributed by atoms with Crippen LogP contribution in [-0.4, -0.2) is 23.1 Å². The predicted octanol–water partition coefficient (Wildman–Crippen LogP) is 1.14. The number of carbonyl (C=O) groups is 2. The van der Waals surface area contributed by atoms with Crippen LogP contribution in [0.25, 0.3) is 0 Å². The van der Waals surface area contributed by atoms with E-state index in [2.05, 4.69) is 4.74 Å². The van der Waals surface area contributed by atoms with Crippen molar-refractivity contribution >= 4 is 11.9 Å². The van der Waals surface area contributed by atoms with E-state index in [9.17, 15) is 9.59 Å². The maximum atomic E-state index is 10.8. The number of rotatable bonds is 4. The Kier molecular flexibility index (Phi) is 5.27. The highest BCUT2D eigenvalue weighted by Crippen LogP contribution is 1.92. The van der Waals surface area contributed by atoms with Crippen LogP contribution in [0.2, 0.25) is 0 Å². The van der Waals surface area contributed by atoms with Crippen LogP contribution < -0.4 is 0 Å². The molecule has 0 aliphatic rings. The van der Waals surface area contributed by atoms with Crippen molar-refractivity contribution in [2.24, 2.45) is 0 Å². The van der Waals surface area contributed by atoms with Gasteiger partial charge in [0.15, 0.2) is 6.10 Å². The van der Waals surface area contributed by atoms with E-state index in [0.717, 1.165) is 0 Å². The summed E-state index contributed by atoms with van der Waals surface area (Å²) in [7, 11) is 0. The number of hydrogen-bond donors (Lipinski definition) is 1. The Labute approximate surface area is 76.5 Å². The van der Waals surface area contributed by atoms with Crippen LogP contribution >= 0.6 is 0 Å². The molecule has 0 aromatic rings. The molecule has 4 heteroatoms. The average molecular weight is 184 g/mol. The van der Waals surface area contributed by atoms with Gasteiger partial charge in [0.05, 0.1) is 0 Å². The molecule has 0 aromatic carbocycles. The first-order chi connectivity index (χ1) is 6.07. The molecule has 0 heterocycles. The number of carboxylic acid groups (broad SMARTS) is 1. The minimum Gasteiger partial charge on any atom is -0.479 e. The first kappa shape index (κ1) is 11.4. The predicted molar refractivity (Wildman–Crippen MR) is 47.1 cm³/mol. The minimum atomic E-state index is -1.16. The summed E-state index contributed by atoms with van der Waals surface area (Å²) in [5.41, 5.74) is 0. The Bertz CT molecular complexity index is 240. The number of carbonyl (C=O) groups excluding carboxylic acids is 1. The van der Waals surface area contributed by atoms with Gasteiger partial charge in [0.2, 0.25) is 0 Å². The molecule has 1 atom stereocenters. The maximum absolute atomic E-state index is 10.8. The standard InChI is InChI=1S/C9H12O4/c1-3-4-5-6-8(10)13-7(2)9(11)12/h3-7H,1-2H3,(H,11,12). The van der Waals surface area contributed by atoms with E-state index >= 15 is 0 Å². The van der Waals surface area contributed by atoms with Crippen LogP contribution in [0.3, 0.4) is 0 Å². The summed E-state index contributed by atoms with van der Waals surface area (Å²) >= 11 is 0. The highest BCUT2D eigenvalue weighted by atomic mass is 16.6. The third-order valence-electron chi connectivity index (χ3n) is 1.18. The zero-order valence-corrected chi connectivity index (χ0v) is 7.56. The van der Waals surface area contributed by atoms with Gasteiger partial charge in [0, 0.05) is 6.08 Å². The number of allylic oxidation sites excluding steroid dienone is 3. The van der Waals surface area contributed by atoms with Gasteiger partial charge in [0.1, 0.15) is 0 Å². The SMILES string of the molecule is CC=CC=CC(=O)OC(C)C(=O)O. The summed E-state index contributed by atoms with van der Waals surface area (Å²) in [6, 6.07) is 0. The molecule has 0 amide bonds. The molecule has 0 spiro atoms. The van der Waals surface area contributed by atoms with Crippen LogP contribution in [0.1, 0.15) is 13.8 Å². The second-order valence-electron chi connectivity index (χ2n) is 2.30. The molecule has 13 heavy (non-hydrogen) atoms. The molecule has 0 radical (unpaired) electrons. The van der Waals surface area contributed by atoms with Crippen molar-refractivity contribution < 1.29 is 19.4 Å². The van der Waals surface area contributed by atoms with Crippen LogP contribution in [0, 0.1) is 0 Å². The van der Waals surface area contributed by atoms with Crippen LogP contribution in [0.15, 0.2) is 24.3 Å². The molecule has 0 saturated heterocycles. The van der Waals surface area contributed by atoms with Crippen molar-refractivity contribution in [1.82, 2.24) is 0 Å². The van der Waals surface area contributed by atoms with Gasteiger partial charge in [-0.05, 0) is 13.8 Å². The van der Waals surface area contributed by atoms with Crippen molar-refractivity contribution in [3.05, 3.63) is 24.3 Å². The van der Waals surface area contributed by atoms with Gasteiger partial charge in [0.25, 0.3) is 0 Å². The van der Waals surface area contributed by atoms with Crippen molar-refractivity contribution in [2.75, 3.05) is 0 Å². The molecule has 72 valence electrons. The largest absolute Gasteiger partial charge is 0.479 e. The monoisotopic (exact) mass is 184 g/mol. The molecule has 0 bridgehead atoms. The topological polar surface area (TPSA) is 63.6 Å². The lowest BCUT2D eigenvalue weighted by Crippen LogP contribution is -2.22. The van der Waals surface area contributed by atoms with Crippen LogP contribution in [0.5, 0.6) is 0 Å². The molecule has 0 saturated carbocycles. The van der Waals surface area contributed by atoms with E-state index < -0.39 is 18.0 Å². The highest BCUT2D eigenvalue weighted by Gasteiger charge is 2.13. The van der Waals surface area contributed by atoms with Gasteiger partial charge in [-0.3, -0.25) is 0 Å². The summed E-state index contributed by atoms with van der Waals surface area (Å²) in [6.07, 6.45) is 4.93. The fourth-order valence-electron chi connectivity index (χ4n) is 0.509. The fourth-order valence-corrected chi connectivity index (χ4v) is 0.509. The van der Waals surface area contributed by atoms with Crippen molar-refractivity contribution in [1.29, 1.82) is 0 Å². The van der Waals surface area contributed by atoms with E-state index in [1.54, 1.807) is 19.1 Å². The van der Waals surface area contributed by atoms with Crippen molar-refractivity contribution in [3.8, 4) is 0 Å². The summed E-state index contributed by atoms with van der Waals surface area (Å²) in [5.74, 6) is -1.82. The van der Waals surface area contributed by atoms with Crippen LogP contribution in [-0.2, 0) is 14.3 Å². The maximum Gasteiger partial charge on any atom is 0.344 e. The van der Waals surface area contributed by atoms with E-state index in [4.69, 9.17) is 5.11 Å². The van der Waals surface area contributed by atoms with E-state index in [0.29, 0.717) is 0 Å². The lowest BCUT2D eigenvalue weighted by molar-refractivity contribution is -0.159. The van der Waals surface area contributed by atoms with Crippen molar-refractivity contribution in [2.45, 2.75) is 20.0 Å². The normalized spacial score (nSPS) is 13.4. The molecule has 4 nitrogen and oxygen atoms in total. The fraction of sp³-hybridized carbons (Fsp3) is 0.333. The van der Waals surface area contributed by atoms with Gasteiger partial charge in [-0.1, -0.05) is 18.2 Å². The van der Waals surface area contributed by atoms with Gasteiger partial charge in [-0.15, -0.1) is 0 Å². The number of ether oxygens (including phenoxy) is 1. The van der Waals surface area contributed by atoms with Gasteiger partial charge in [-0.25, -0.2) is 9.59 Å². The van der Waals surface area contributed by atoms with Gasteiger partial charge in [-0.2, -0.15) is 0 Å². The summed E-state index contributed by atoms with van der Waals surface area (Å²) < 4.78 is 4.50. The molecule has 0 aliphatic carbocycles. The number of hydrogen-bond acceptors (Lipinski definition) is 3. The third kappa shape index (κ3) is 5.66. The molecule has 0 aromatic heterocycles. The number of carboxylic acids is 1. The molecule has 0 fully saturated rings. The lowest BCUT2D eigenvalue weighted by Gasteiger charge is -2.04. The van der Waals surface area contributed by atoms with E-state index in [-0.39, 0.29) is 0 Å². The zero-order valence-electron chi connectivity index (χ0n) is 7.56. The Morgan fingerprint density at radius 1 is 1.38 bits per heavy atom. The smallest absolute Gasteiger partial charge is 0.344 e. The first-order valence-corrected chi connectivity index (χ1v) is 3.80. The van der Waals surface area contributed by atoms with Gasteiger partial charge >= 0.3 is 11.9 Å². The minimum absolute atomic E-state index is 0.659. The summed E-state index contributed by atoms with van der Waals surface area (Å²) in [5, 5.41) is 8.39. The third-order valence-corrected chi connectivity index (χ3v) is 1.18.